The first-order valence-corrected chi connectivity index (χ1v) is 10.1. The Bertz CT molecular complexity index is 1010. The van der Waals surface area contributed by atoms with Crippen LogP contribution in [0.3, 0.4) is 0 Å². The molecule has 1 aliphatic rings. The maximum absolute atomic E-state index is 12.4. The minimum absolute atomic E-state index is 0.192. The maximum Gasteiger partial charge on any atom is 0.313 e. The van der Waals surface area contributed by atoms with Gasteiger partial charge >= 0.3 is 5.97 Å². The zero-order valence-corrected chi connectivity index (χ0v) is 16.7. The van der Waals surface area contributed by atoms with Crippen molar-refractivity contribution in [3.63, 3.8) is 0 Å². The minimum atomic E-state index is -0.530. The highest BCUT2D eigenvalue weighted by molar-refractivity contribution is 7.14. The first-order chi connectivity index (χ1) is 14.1. The Morgan fingerprint density at radius 1 is 1.21 bits per heavy atom. The fourth-order valence-corrected chi connectivity index (χ4v) is 3.71. The highest BCUT2D eigenvalue weighted by Gasteiger charge is 2.51. The van der Waals surface area contributed by atoms with Crippen LogP contribution in [0.4, 0.5) is 0 Å². The standard InChI is InChI=1S/C19H20N6O3S/c1-2-28-18(27)19(8-9-19)12-25-11-14(21-24-25)16(26)20-10-15-22-23-17(29-15)13-6-4-3-5-7-13/h3-7,11H,2,8-10,12H2,1H3,(H,20,26). The molecule has 0 aliphatic heterocycles. The lowest BCUT2D eigenvalue weighted by Crippen LogP contribution is -2.25. The van der Waals surface area contributed by atoms with E-state index >= 15 is 0 Å². The smallest absolute Gasteiger partial charge is 0.313 e. The number of hydrogen-bond acceptors (Lipinski definition) is 8. The molecule has 0 bridgehead atoms. The van der Waals surface area contributed by atoms with Gasteiger partial charge in [-0.3, -0.25) is 14.3 Å². The summed E-state index contributed by atoms with van der Waals surface area (Å²) in [6.07, 6.45) is 3.06. The van der Waals surface area contributed by atoms with Gasteiger partial charge < -0.3 is 10.1 Å². The molecule has 0 unspecified atom stereocenters. The second-order valence-corrected chi connectivity index (χ2v) is 7.91. The number of hydrogen-bond donors (Lipinski definition) is 1. The number of ether oxygens (including phenoxy) is 1. The van der Waals surface area contributed by atoms with Gasteiger partial charge in [-0.2, -0.15) is 0 Å². The molecule has 2 heterocycles. The molecule has 1 fully saturated rings. The monoisotopic (exact) mass is 412 g/mol. The van der Waals surface area contributed by atoms with E-state index in [1.54, 1.807) is 13.1 Å². The second kappa shape index (κ2) is 8.08. The molecule has 0 atom stereocenters. The molecular weight excluding hydrogens is 392 g/mol. The maximum atomic E-state index is 12.4. The molecule has 4 rings (SSSR count). The molecule has 0 spiro atoms. The fraction of sp³-hybridized carbons (Fsp3) is 0.368. The molecule has 1 saturated carbocycles. The predicted molar refractivity (Wildman–Crippen MR) is 105 cm³/mol. The molecule has 9 nitrogen and oxygen atoms in total. The summed E-state index contributed by atoms with van der Waals surface area (Å²) in [7, 11) is 0. The highest BCUT2D eigenvalue weighted by atomic mass is 32.1. The molecule has 10 heteroatoms. The Morgan fingerprint density at radius 3 is 2.72 bits per heavy atom. The highest BCUT2D eigenvalue weighted by Crippen LogP contribution is 2.48. The Hall–Kier alpha value is -3.14. The van der Waals surface area contributed by atoms with Gasteiger partial charge in [0.1, 0.15) is 10.0 Å². The van der Waals surface area contributed by atoms with Crippen molar-refractivity contribution in [2.24, 2.45) is 5.41 Å². The summed E-state index contributed by atoms with van der Waals surface area (Å²) < 4.78 is 6.65. The van der Waals surface area contributed by atoms with Gasteiger partial charge in [0.15, 0.2) is 5.69 Å². The van der Waals surface area contributed by atoms with Gasteiger partial charge in [-0.25, -0.2) is 0 Å². The molecule has 0 radical (unpaired) electrons. The van der Waals surface area contributed by atoms with Crippen LogP contribution < -0.4 is 5.32 Å². The summed E-state index contributed by atoms with van der Waals surface area (Å²) in [4.78, 5) is 24.4. The normalized spacial score (nSPS) is 14.4. The van der Waals surface area contributed by atoms with E-state index in [1.165, 1.54) is 16.0 Å². The Morgan fingerprint density at radius 2 is 2.00 bits per heavy atom. The molecule has 2 aromatic heterocycles. The quantitative estimate of drug-likeness (QED) is 0.564. The summed E-state index contributed by atoms with van der Waals surface area (Å²) in [5.74, 6) is -0.569. The number of amides is 1. The summed E-state index contributed by atoms with van der Waals surface area (Å²) in [6, 6.07) is 9.75. The number of esters is 1. The summed E-state index contributed by atoms with van der Waals surface area (Å²) in [5, 5.41) is 20.4. The van der Waals surface area contributed by atoms with E-state index in [0.717, 1.165) is 23.4 Å². The average Bonchev–Trinajstić information content (AvgIpc) is 3.15. The van der Waals surface area contributed by atoms with Crippen LogP contribution in [-0.4, -0.2) is 43.7 Å². The van der Waals surface area contributed by atoms with Crippen LogP contribution in [0.1, 0.15) is 35.3 Å². The van der Waals surface area contributed by atoms with Gasteiger partial charge in [0.05, 0.1) is 31.3 Å². The number of aromatic nitrogens is 5. The number of benzene rings is 1. The number of nitrogens with zero attached hydrogens (tertiary/aromatic N) is 5. The lowest BCUT2D eigenvalue weighted by molar-refractivity contribution is -0.150. The third-order valence-electron chi connectivity index (χ3n) is 4.69. The van der Waals surface area contributed by atoms with E-state index < -0.39 is 5.41 Å². The van der Waals surface area contributed by atoms with Crippen molar-refractivity contribution in [1.82, 2.24) is 30.5 Å². The lowest BCUT2D eigenvalue weighted by Gasteiger charge is -2.12. The number of rotatable bonds is 8. The molecule has 1 aliphatic carbocycles. The zero-order chi connectivity index (χ0) is 20.3. The van der Waals surface area contributed by atoms with Crippen LogP contribution in [0.2, 0.25) is 0 Å². The van der Waals surface area contributed by atoms with Crippen molar-refractivity contribution in [3.8, 4) is 10.6 Å². The van der Waals surface area contributed by atoms with E-state index in [-0.39, 0.29) is 24.1 Å². The van der Waals surface area contributed by atoms with Crippen molar-refractivity contribution >= 4 is 23.2 Å². The SMILES string of the molecule is CCOC(=O)C1(Cn2cc(C(=O)NCc3nnc(-c4ccccc4)s3)nn2)CC1. The zero-order valence-electron chi connectivity index (χ0n) is 15.9. The predicted octanol–water partition coefficient (Wildman–Crippen LogP) is 2.07. The molecular formula is C19H20N6O3S. The third-order valence-corrected chi connectivity index (χ3v) is 5.66. The van der Waals surface area contributed by atoms with Crippen molar-refractivity contribution in [2.45, 2.75) is 32.9 Å². The van der Waals surface area contributed by atoms with E-state index in [9.17, 15) is 9.59 Å². The van der Waals surface area contributed by atoms with Crippen LogP contribution in [0, 0.1) is 5.41 Å². The lowest BCUT2D eigenvalue weighted by atomic mass is 10.1. The molecule has 29 heavy (non-hydrogen) atoms. The molecule has 1 aromatic carbocycles. The first-order valence-electron chi connectivity index (χ1n) is 9.33. The molecule has 150 valence electrons. The topological polar surface area (TPSA) is 112 Å². The summed E-state index contributed by atoms with van der Waals surface area (Å²) >= 11 is 1.42. The largest absolute Gasteiger partial charge is 0.466 e. The van der Waals surface area contributed by atoms with E-state index in [0.29, 0.717) is 18.2 Å². The first kappa shape index (κ1) is 19.2. The summed E-state index contributed by atoms with van der Waals surface area (Å²) in [6.45, 7) is 2.75. The van der Waals surface area contributed by atoms with Crippen molar-refractivity contribution in [3.05, 3.63) is 47.2 Å². The van der Waals surface area contributed by atoms with Gasteiger partial charge in [0.2, 0.25) is 0 Å². The average molecular weight is 412 g/mol. The number of carbonyl (C=O) groups is 2. The van der Waals surface area contributed by atoms with Crippen molar-refractivity contribution in [1.29, 1.82) is 0 Å². The molecule has 3 aromatic rings. The van der Waals surface area contributed by atoms with Gasteiger partial charge in [-0.1, -0.05) is 46.9 Å². The van der Waals surface area contributed by atoms with E-state index in [2.05, 4.69) is 25.8 Å². The van der Waals surface area contributed by atoms with E-state index in [1.807, 2.05) is 30.3 Å². The van der Waals surface area contributed by atoms with Crippen LogP contribution in [0.15, 0.2) is 36.5 Å². The minimum Gasteiger partial charge on any atom is -0.466 e. The van der Waals surface area contributed by atoms with Crippen LogP contribution in [0.5, 0.6) is 0 Å². The van der Waals surface area contributed by atoms with Gasteiger partial charge in [0.25, 0.3) is 5.91 Å². The fourth-order valence-electron chi connectivity index (χ4n) is 2.92. The molecule has 1 amide bonds. The third kappa shape index (κ3) is 4.32. The molecule has 1 N–H and O–H groups in total. The van der Waals surface area contributed by atoms with Crippen LogP contribution in [-0.2, 0) is 22.6 Å². The number of carbonyl (C=O) groups excluding carboxylic acids is 2. The van der Waals surface area contributed by atoms with E-state index in [4.69, 9.17) is 4.74 Å². The van der Waals surface area contributed by atoms with Crippen LogP contribution >= 0.6 is 11.3 Å². The van der Waals surface area contributed by atoms with Crippen molar-refractivity contribution in [2.75, 3.05) is 6.61 Å². The Kier molecular flexibility index (Phi) is 5.34. The molecule has 0 saturated heterocycles. The van der Waals surface area contributed by atoms with Crippen LogP contribution in [0.25, 0.3) is 10.6 Å². The van der Waals surface area contributed by atoms with Gasteiger partial charge in [-0.05, 0) is 19.8 Å². The Balaban J connectivity index is 1.33. The van der Waals surface area contributed by atoms with Gasteiger partial charge in [0, 0.05) is 5.56 Å². The van der Waals surface area contributed by atoms with Gasteiger partial charge in [-0.15, -0.1) is 15.3 Å². The number of nitrogens with one attached hydrogen (secondary N) is 1. The summed E-state index contributed by atoms with van der Waals surface area (Å²) in [5.41, 5.74) is 0.649. The van der Waals surface area contributed by atoms with Crippen molar-refractivity contribution < 1.29 is 14.3 Å². The Labute approximate surface area is 171 Å². The second-order valence-electron chi connectivity index (χ2n) is 6.85.